The normalized spacial score (nSPS) is 12.1. The predicted molar refractivity (Wildman–Crippen MR) is 252 cm³/mol. The van der Waals surface area contributed by atoms with Gasteiger partial charge in [0, 0.05) is 13.0 Å². The molecule has 0 heterocycles. The molecule has 0 aromatic heterocycles. The highest BCUT2D eigenvalue weighted by Gasteiger charge is 2.13. The fourth-order valence-electron chi connectivity index (χ4n) is 8.45. The summed E-state index contributed by atoms with van der Waals surface area (Å²) < 4.78 is 11.2. The van der Waals surface area contributed by atoms with Gasteiger partial charge in [0.05, 0.1) is 13.2 Å². The zero-order chi connectivity index (χ0) is 41.2. The van der Waals surface area contributed by atoms with Crippen molar-refractivity contribution in [1.29, 1.82) is 0 Å². The van der Waals surface area contributed by atoms with Crippen LogP contribution in [0.25, 0.3) is 0 Å². The van der Waals surface area contributed by atoms with Crippen molar-refractivity contribution < 1.29 is 19.4 Å². The van der Waals surface area contributed by atoms with Gasteiger partial charge in [0.2, 0.25) is 0 Å². The van der Waals surface area contributed by atoms with E-state index in [-0.39, 0.29) is 12.6 Å². The summed E-state index contributed by atoms with van der Waals surface area (Å²) >= 11 is 0. The van der Waals surface area contributed by atoms with Crippen molar-refractivity contribution in [3.05, 3.63) is 0 Å². The van der Waals surface area contributed by atoms with Crippen molar-refractivity contribution in [2.24, 2.45) is 0 Å². The molecule has 0 rings (SSSR count). The maximum absolute atomic E-state index is 12.3. The van der Waals surface area contributed by atoms with Crippen LogP contribution in [0.15, 0.2) is 0 Å². The van der Waals surface area contributed by atoms with Crippen molar-refractivity contribution in [3.8, 4) is 0 Å². The molecule has 0 aliphatic carbocycles. The lowest BCUT2D eigenvalue weighted by Crippen LogP contribution is -2.27. The van der Waals surface area contributed by atoms with Crippen LogP contribution in [-0.4, -0.2) is 37.0 Å². The highest BCUT2D eigenvalue weighted by Crippen LogP contribution is 2.18. The molecular weight excluding hydrogens is 701 g/mol. The first-order valence-corrected chi connectivity index (χ1v) is 26.6. The molecule has 0 amide bonds. The molecule has 0 aliphatic rings. The van der Waals surface area contributed by atoms with Gasteiger partial charge in [0.15, 0.2) is 0 Å². The third-order valence-electron chi connectivity index (χ3n) is 12.4. The van der Waals surface area contributed by atoms with Crippen molar-refractivity contribution in [2.45, 2.75) is 315 Å². The molecule has 342 valence electrons. The molecular formula is C53H106O4. The Morgan fingerprint density at radius 3 is 0.825 bits per heavy atom. The summed E-state index contributed by atoms with van der Waals surface area (Å²) in [5.41, 5.74) is 0. The molecule has 4 heteroatoms. The van der Waals surface area contributed by atoms with Crippen LogP contribution in [0.4, 0.5) is 0 Å². The number of esters is 1. The van der Waals surface area contributed by atoms with Gasteiger partial charge in [-0.05, 0) is 12.8 Å². The van der Waals surface area contributed by atoms with Crippen LogP contribution in [-0.2, 0) is 14.3 Å². The first kappa shape index (κ1) is 56.4. The smallest absolute Gasteiger partial charge is 0.306 e. The zero-order valence-corrected chi connectivity index (χ0v) is 39.4. The second kappa shape index (κ2) is 51.5. The highest BCUT2D eigenvalue weighted by atomic mass is 16.6. The topological polar surface area (TPSA) is 55.8 Å². The van der Waals surface area contributed by atoms with E-state index in [0.717, 1.165) is 19.3 Å². The van der Waals surface area contributed by atoms with Gasteiger partial charge in [0.25, 0.3) is 0 Å². The van der Waals surface area contributed by atoms with Crippen molar-refractivity contribution >= 4 is 5.97 Å². The van der Waals surface area contributed by atoms with E-state index in [2.05, 4.69) is 13.8 Å². The van der Waals surface area contributed by atoms with Gasteiger partial charge in [-0.2, -0.15) is 0 Å². The Balaban J connectivity index is 3.31. The zero-order valence-electron chi connectivity index (χ0n) is 39.4. The van der Waals surface area contributed by atoms with Gasteiger partial charge in [-0.1, -0.05) is 290 Å². The number of hydrogen-bond acceptors (Lipinski definition) is 4. The Hall–Kier alpha value is -0.610. The highest BCUT2D eigenvalue weighted by molar-refractivity contribution is 5.69. The van der Waals surface area contributed by atoms with Gasteiger partial charge >= 0.3 is 5.97 Å². The van der Waals surface area contributed by atoms with Crippen LogP contribution >= 0.6 is 0 Å². The molecule has 0 spiro atoms. The summed E-state index contributed by atoms with van der Waals surface area (Å²) in [6.07, 6.45) is 62.1. The lowest BCUT2D eigenvalue weighted by molar-refractivity contribution is -0.154. The molecule has 1 N–H and O–H groups in total. The maximum Gasteiger partial charge on any atom is 0.306 e. The first-order valence-electron chi connectivity index (χ1n) is 26.6. The standard InChI is InChI=1S/C53H106O4/c1-3-5-7-9-11-13-15-17-19-21-23-24-25-26-27-28-29-31-33-35-37-39-41-43-45-47-49-56-51-52(50-54)57-53(55)48-46-44-42-40-38-36-34-32-30-22-20-18-16-14-12-10-8-6-4-2/h52,54H,3-51H2,1-2H3. The van der Waals surface area contributed by atoms with Crippen LogP contribution in [0.5, 0.6) is 0 Å². The number of unbranched alkanes of at least 4 members (excludes halogenated alkanes) is 43. The third kappa shape index (κ3) is 49.7. The molecule has 1 atom stereocenters. The van der Waals surface area contributed by atoms with E-state index < -0.39 is 6.10 Å². The Labute approximate surface area is 359 Å². The molecule has 0 bridgehead atoms. The summed E-state index contributed by atoms with van der Waals surface area (Å²) in [5, 5.41) is 9.65. The quantitative estimate of drug-likeness (QED) is 0.0491. The number of carbonyl (C=O) groups is 1. The number of ether oxygens (including phenoxy) is 2. The summed E-state index contributed by atoms with van der Waals surface area (Å²) in [6.45, 7) is 5.42. The van der Waals surface area contributed by atoms with E-state index in [9.17, 15) is 9.90 Å². The van der Waals surface area contributed by atoms with Crippen LogP contribution < -0.4 is 0 Å². The largest absolute Gasteiger partial charge is 0.457 e. The van der Waals surface area contributed by atoms with E-state index in [1.54, 1.807) is 0 Å². The maximum atomic E-state index is 12.3. The fraction of sp³-hybridized carbons (Fsp3) is 0.981. The van der Waals surface area contributed by atoms with Crippen LogP contribution in [0.2, 0.25) is 0 Å². The molecule has 4 nitrogen and oxygen atoms in total. The van der Waals surface area contributed by atoms with Crippen molar-refractivity contribution in [1.82, 2.24) is 0 Å². The number of hydrogen-bond donors (Lipinski definition) is 1. The summed E-state index contributed by atoms with van der Waals surface area (Å²) in [7, 11) is 0. The summed E-state index contributed by atoms with van der Waals surface area (Å²) in [4.78, 5) is 12.3. The number of aliphatic hydroxyl groups is 1. The molecule has 0 radical (unpaired) electrons. The lowest BCUT2D eigenvalue weighted by atomic mass is 10.0. The minimum atomic E-state index is -0.526. The van der Waals surface area contributed by atoms with Crippen LogP contribution in [0, 0.1) is 0 Å². The summed E-state index contributed by atoms with van der Waals surface area (Å²) in [5.74, 6) is -0.190. The fourth-order valence-corrected chi connectivity index (χ4v) is 8.45. The van der Waals surface area contributed by atoms with E-state index in [1.807, 2.05) is 0 Å². The average molecular weight is 807 g/mol. The second-order valence-electron chi connectivity index (χ2n) is 18.3. The van der Waals surface area contributed by atoms with Crippen molar-refractivity contribution in [3.63, 3.8) is 0 Å². The third-order valence-corrected chi connectivity index (χ3v) is 12.4. The predicted octanol–water partition coefficient (Wildman–Crippen LogP) is 17.9. The molecule has 0 saturated carbocycles. The monoisotopic (exact) mass is 807 g/mol. The second-order valence-corrected chi connectivity index (χ2v) is 18.3. The SMILES string of the molecule is CCCCCCCCCCCCCCCCCCCCCCCCCCCCOCC(CO)OC(=O)CCCCCCCCCCCCCCCCCCCCC. The minimum absolute atomic E-state index is 0.162. The van der Waals surface area contributed by atoms with Crippen LogP contribution in [0.3, 0.4) is 0 Å². The average Bonchev–Trinajstić information content (AvgIpc) is 3.22. The van der Waals surface area contributed by atoms with Crippen LogP contribution in [0.1, 0.15) is 309 Å². The molecule has 0 aliphatic heterocycles. The Morgan fingerprint density at radius 1 is 0.351 bits per heavy atom. The van der Waals surface area contributed by atoms with Crippen molar-refractivity contribution in [2.75, 3.05) is 19.8 Å². The van der Waals surface area contributed by atoms with Gasteiger partial charge < -0.3 is 14.6 Å². The Bertz CT molecular complexity index is 726. The molecule has 0 aromatic carbocycles. The van der Waals surface area contributed by atoms with E-state index in [1.165, 1.54) is 270 Å². The molecule has 1 unspecified atom stereocenters. The van der Waals surface area contributed by atoms with E-state index in [0.29, 0.717) is 19.6 Å². The van der Waals surface area contributed by atoms with Gasteiger partial charge in [-0.3, -0.25) is 4.79 Å². The first-order chi connectivity index (χ1) is 28.2. The lowest BCUT2D eigenvalue weighted by Gasteiger charge is -2.16. The van der Waals surface area contributed by atoms with E-state index >= 15 is 0 Å². The summed E-state index contributed by atoms with van der Waals surface area (Å²) in [6, 6.07) is 0. The number of aliphatic hydroxyl groups excluding tert-OH is 1. The number of carbonyl (C=O) groups excluding carboxylic acids is 1. The Kier molecular flexibility index (Phi) is 51.0. The minimum Gasteiger partial charge on any atom is -0.457 e. The molecule has 0 aromatic rings. The van der Waals surface area contributed by atoms with Gasteiger partial charge in [0.1, 0.15) is 6.10 Å². The van der Waals surface area contributed by atoms with Gasteiger partial charge in [-0.15, -0.1) is 0 Å². The van der Waals surface area contributed by atoms with Gasteiger partial charge in [-0.25, -0.2) is 0 Å². The molecule has 0 fully saturated rings. The molecule has 0 saturated heterocycles. The molecule has 57 heavy (non-hydrogen) atoms. The Morgan fingerprint density at radius 2 is 0.579 bits per heavy atom. The van der Waals surface area contributed by atoms with E-state index in [4.69, 9.17) is 9.47 Å². The number of rotatable bonds is 51.